The maximum atomic E-state index is 10.5. The third kappa shape index (κ3) is 6.11. The molecule has 0 bridgehead atoms. The van der Waals surface area contributed by atoms with E-state index in [1.807, 2.05) is 52.0 Å². The number of carboxylic acids is 1. The van der Waals surface area contributed by atoms with Crippen molar-refractivity contribution in [1.82, 2.24) is 0 Å². The molecular weight excluding hydrogens is 388 g/mol. The molecule has 3 rings (SSSR count). The van der Waals surface area contributed by atoms with E-state index in [0.29, 0.717) is 17.1 Å². The molecule has 3 N–H and O–H groups in total. The van der Waals surface area contributed by atoms with Crippen LogP contribution in [0.3, 0.4) is 0 Å². The molecule has 0 aliphatic rings. The van der Waals surface area contributed by atoms with Gasteiger partial charge in [0.1, 0.15) is 11.5 Å². The lowest BCUT2D eigenvalue weighted by atomic mass is 9.83. The predicted molar refractivity (Wildman–Crippen MR) is 125 cm³/mol. The quantitative estimate of drug-likeness (QED) is 0.432. The second-order valence-corrected chi connectivity index (χ2v) is 8.05. The van der Waals surface area contributed by atoms with Crippen LogP contribution in [0.1, 0.15) is 69.4 Å². The minimum absolute atomic E-state index is 0.0159. The zero-order chi connectivity index (χ0) is 23.1. The Labute approximate surface area is 184 Å². The summed E-state index contributed by atoms with van der Waals surface area (Å²) in [6, 6.07) is 16.4. The van der Waals surface area contributed by atoms with Crippen LogP contribution in [0.15, 0.2) is 54.6 Å². The monoisotopic (exact) mass is 420 g/mol. The fourth-order valence-electron chi connectivity index (χ4n) is 3.86. The van der Waals surface area contributed by atoms with Gasteiger partial charge in [-0.1, -0.05) is 66.9 Å². The van der Waals surface area contributed by atoms with Crippen LogP contribution in [0.25, 0.3) is 0 Å². The van der Waals surface area contributed by atoms with Gasteiger partial charge in [0.25, 0.3) is 0 Å². The zero-order valence-corrected chi connectivity index (χ0v) is 18.9. The molecule has 0 atom stereocenters. The van der Waals surface area contributed by atoms with Crippen LogP contribution in [0.5, 0.6) is 11.5 Å². The number of carboxylic acid groups (broad SMARTS) is 1. The van der Waals surface area contributed by atoms with Crippen molar-refractivity contribution in [3.05, 3.63) is 93.5 Å². The lowest BCUT2D eigenvalue weighted by Gasteiger charge is -2.22. The number of carbonyl (C=O) groups is 1. The second kappa shape index (κ2) is 10.7. The topological polar surface area (TPSA) is 77.8 Å². The molecule has 0 unspecified atom stereocenters. The van der Waals surface area contributed by atoms with Gasteiger partial charge in [0.2, 0.25) is 0 Å². The smallest absolute Gasteiger partial charge is 0.335 e. The molecule has 0 aromatic heterocycles. The minimum Gasteiger partial charge on any atom is -0.507 e. The summed E-state index contributed by atoms with van der Waals surface area (Å²) in [7, 11) is 0. The van der Waals surface area contributed by atoms with Gasteiger partial charge in [0.05, 0.1) is 5.56 Å². The van der Waals surface area contributed by atoms with Crippen LogP contribution in [0.4, 0.5) is 0 Å². The maximum absolute atomic E-state index is 10.5. The van der Waals surface area contributed by atoms with E-state index in [4.69, 9.17) is 5.11 Å². The van der Waals surface area contributed by atoms with Crippen molar-refractivity contribution in [2.45, 2.75) is 53.4 Å². The largest absolute Gasteiger partial charge is 0.507 e. The van der Waals surface area contributed by atoms with Crippen molar-refractivity contribution < 1.29 is 20.1 Å². The number of aromatic hydroxyl groups is 2. The van der Waals surface area contributed by atoms with Gasteiger partial charge < -0.3 is 15.3 Å². The van der Waals surface area contributed by atoms with Gasteiger partial charge in [-0.2, -0.15) is 0 Å². The highest BCUT2D eigenvalue weighted by molar-refractivity contribution is 5.87. The summed E-state index contributed by atoms with van der Waals surface area (Å²) >= 11 is 0. The number of hydrogen-bond acceptors (Lipinski definition) is 3. The van der Waals surface area contributed by atoms with E-state index >= 15 is 0 Å². The van der Waals surface area contributed by atoms with E-state index in [0.717, 1.165) is 46.2 Å². The molecule has 0 spiro atoms. The SMILES string of the molecule is CCCC(c1cc(C)cc(C)c1O)c1cc(C)cc(C)c1O.O=C(O)c1ccccc1. The Hall–Kier alpha value is -3.27. The number of aryl methyl sites for hydroxylation is 4. The van der Waals surface area contributed by atoms with Crippen molar-refractivity contribution in [3.63, 3.8) is 0 Å². The van der Waals surface area contributed by atoms with Crippen LogP contribution < -0.4 is 0 Å². The van der Waals surface area contributed by atoms with E-state index in [9.17, 15) is 15.0 Å². The van der Waals surface area contributed by atoms with Gasteiger partial charge in [0.15, 0.2) is 0 Å². The number of phenols is 2. The molecule has 0 aliphatic carbocycles. The summed E-state index contributed by atoms with van der Waals surface area (Å²) in [5.41, 5.74) is 6.21. The van der Waals surface area contributed by atoms with E-state index in [2.05, 4.69) is 6.92 Å². The standard InChI is InChI=1S/C20H26O2.C7H6O2/c1-6-7-16(17-10-12(2)8-14(4)19(17)21)18-11-13(3)9-15(5)20(18)22;8-7(9)6-4-2-1-3-5-6/h8-11,16,21-22H,6-7H2,1-5H3;1-5H,(H,8,9). The molecule has 3 aromatic rings. The van der Waals surface area contributed by atoms with Crippen LogP contribution in [0, 0.1) is 27.7 Å². The van der Waals surface area contributed by atoms with E-state index in [1.54, 1.807) is 30.3 Å². The van der Waals surface area contributed by atoms with Gasteiger partial charge in [0, 0.05) is 17.0 Å². The Morgan fingerprint density at radius 1 is 0.806 bits per heavy atom. The lowest BCUT2D eigenvalue weighted by Crippen LogP contribution is -2.04. The molecule has 4 heteroatoms. The highest BCUT2D eigenvalue weighted by atomic mass is 16.4. The fraction of sp³-hybridized carbons (Fsp3) is 0.296. The average Bonchev–Trinajstić information content (AvgIpc) is 2.73. The van der Waals surface area contributed by atoms with E-state index < -0.39 is 5.97 Å². The van der Waals surface area contributed by atoms with Crippen molar-refractivity contribution in [3.8, 4) is 11.5 Å². The first-order chi connectivity index (χ1) is 14.6. The Bertz CT molecular complexity index is 981. The van der Waals surface area contributed by atoms with Crippen LogP contribution >= 0.6 is 0 Å². The van der Waals surface area contributed by atoms with Crippen molar-refractivity contribution in [2.24, 2.45) is 0 Å². The van der Waals surface area contributed by atoms with E-state index in [1.165, 1.54) is 0 Å². The van der Waals surface area contributed by atoms with Crippen molar-refractivity contribution >= 4 is 5.97 Å². The average molecular weight is 421 g/mol. The molecule has 4 nitrogen and oxygen atoms in total. The summed E-state index contributed by atoms with van der Waals surface area (Å²) in [6.45, 7) is 10.1. The molecule has 0 saturated carbocycles. The molecule has 0 radical (unpaired) electrons. The molecule has 0 aliphatic heterocycles. The second-order valence-electron chi connectivity index (χ2n) is 8.05. The highest BCUT2D eigenvalue weighted by Crippen LogP contribution is 2.41. The molecular formula is C27H32O4. The molecule has 31 heavy (non-hydrogen) atoms. The number of aromatic carboxylic acids is 1. The number of benzene rings is 3. The summed E-state index contributed by atoms with van der Waals surface area (Å²) in [6.07, 6.45) is 1.89. The van der Waals surface area contributed by atoms with Gasteiger partial charge >= 0.3 is 5.97 Å². The van der Waals surface area contributed by atoms with Gasteiger partial charge in [-0.05, 0) is 57.4 Å². The molecule has 0 amide bonds. The zero-order valence-electron chi connectivity index (χ0n) is 18.9. The Kier molecular flexibility index (Phi) is 8.26. The predicted octanol–water partition coefficient (Wildman–Crippen LogP) is 6.65. The molecule has 0 fully saturated rings. The summed E-state index contributed by atoms with van der Waals surface area (Å²) in [4.78, 5) is 10.2. The summed E-state index contributed by atoms with van der Waals surface area (Å²) in [5.74, 6) is -0.164. The lowest BCUT2D eigenvalue weighted by molar-refractivity contribution is 0.0697. The van der Waals surface area contributed by atoms with Crippen LogP contribution in [-0.4, -0.2) is 21.3 Å². The van der Waals surface area contributed by atoms with Gasteiger partial charge in [-0.25, -0.2) is 4.79 Å². The van der Waals surface area contributed by atoms with Crippen LogP contribution in [0.2, 0.25) is 0 Å². The molecule has 0 heterocycles. The first-order valence-corrected chi connectivity index (χ1v) is 10.5. The molecule has 0 saturated heterocycles. The third-order valence-corrected chi connectivity index (χ3v) is 5.30. The van der Waals surface area contributed by atoms with Crippen molar-refractivity contribution in [1.29, 1.82) is 0 Å². The van der Waals surface area contributed by atoms with Gasteiger partial charge in [-0.3, -0.25) is 0 Å². The summed E-state index contributed by atoms with van der Waals surface area (Å²) in [5, 5.41) is 29.4. The minimum atomic E-state index is -0.879. The fourth-order valence-corrected chi connectivity index (χ4v) is 3.86. The van der Waals surface area contributed by atoms with Crippen LogP contribution in [-0.2, 0) is 0 Å². The molecule has 3 aromatic carbocycles. The van der Waals surface area contributed by atoms with Crippen molar-refractivity contribution in [2.75, 3.05) is 0 Å². The normalized spacial score (nSPS) is 10.5. The first kappa shape index (κ1) is 24.0. The number of hydrogen-bond donors (Lipinski definition) is 3. The number of rotatable bonds is 5. The maximum Gasteiger partial charge on any atom is 0.335 e. The highest BCUT2D eigenvalue weighted by Gasteiger charge is 2.22. The molecule has 164 valence electrons. The summed E-state index contributed by atoms with van der Waals surface area (Å²) < 4.78 is 0. The Balaban J connectivity index is 0.000000316. The first-order valence-electron chi connectivity index (χ1n) is 10.5. The van der Waals surface area contributed by atoms with E-state index in [-0.39, 0.29) is 5.92 Å². The van der Waals surface area contributed by atoms with Gasteiger partial charge in [-0.15, -0.1) is 0 Å². The Morgan fingerprint density at radius 3 is 1.61 bits per heavy atom. The Morgan fingerprint density at radius 2 is 1.26 bits per heavy atom. The number of phenolic OH excluding ortho intramolecular Hbond substituents is 2. The third-order valence-electron chi connectivity index (χ3n) is 5.30.